The van der Waals surface area contributed by atoms with Crippen LogP contribution in [0.1, 0.15) is 31.0 Å². The summed E-state index contributed by atoms with van der Waals surface area (Å²) in [6.45, 7) is 7.21. The van der Waals surface area contributed by atoms with Crippen LogP contribution < -0.4 is 10.1 Å². The first kappa shape index (κ1) is 14.4. The van der Waals surface area contributed by atoms with E-state index < -0.39 is 0 Å². The maximum Gasteiger partial charge on any atom is 0.124 e. The van der Waals surface area contributed by atoms with Crippen LogP contribution in [0.15, 0.2) is 18.2 Å². The van der Waals surface area contributed by atoms with Gasteiger partial charge in [0.2, 0.25) is 0 Å². The Bertz CT molecular complexity index is 341. The van der Waals surface area contributed by atoms with E-state index in [2.05, 4.69) is 44.3 Å². The Labute approximate surface area is 109 Å². The third kappa shape index (κ3) is 4.60. The topological polar surface area (TPSA) is 21.3 Å². The Morgan fingerprint density at radius 3 is 2.82 bits per heavy atom. The lowest BCUT2D eigenvalue weighted by atomic mass is 10.1. The van der Waals surface area contributed by atoms with E-state index in [9.17, 15) is 0 Å². The summed E-state index contributed by atoms with van der Waals surface area (Å²) in [5.41, 5.74) is 2.48. The van der Waals surface area contributed by atoms with E-state index in [1.54, 1.807) is 0 Å². The molecule has 1 N–H and O–H groups in total. The minimum atomic E-state index is 0.324. The van der Waals surface area contributed by atoms with Crippen molar-refractivity contribution in [2.45, 2.75) is 26.8 Å². The molecule has 1 unspecified atom stereocenters. The van der Waals surface area contributed by atoms with Crippen molar-refractivity contribution in [2.24, 2.45) is 0 Å². The third-order valence-corrected chi connectivity index (χ3v) is 3.62. The van der Waals surface area contributed by atoms with E-state index in [1.165, 1.54) is 11.1 Å². The average Bonchev–Trinajstić information content (AvgIpc) is 2.34. The van der Waals surface area contributed by atoms with Crippen LogP contribution in [-0.2, 0) is 0 Å². The van der Waals surface area contributed by atoms with Crippen LogP contribution in [0, 0.1) is 6.92 Å². The largest absolute Gasteiger partial charge is 0.492 e. The summed E-state index contributed by atoms with van der Waals surface area (Å²) in [4.78, 5) is 0. The highest BCUT2D eigenvalue weighted by Crippen LogP contribution is 2.26. The maximum atomic E-state index is 5.88. The molecule has 0 aliphatic heterocycles. The lowest BCUT2D eigenvalue weighted by Gasteiger charge is -2.17. The molecule has 0 heterocycles. The van der Waals surface area contributed by atoms with E-state index in [-0.39, 0.29) is 0 Å². The normalized spacial score (nSPS) is 12.5. The average molecular weight is 253 g/mol. The molecule has 0 amide bonds. The first-order valence-corrected chi connectivity index (χ1v) is 7.32. The highest BCUT2D eigenvalue weighted by Gasteiger charge is 2.09. The van der Waals surface area contributed by atoms with Gasteiger partial charge in [-0.3, -0.25) is 0 Å². The number of aryl methyl sites for hydroxylation is 1. The monoisotopic (exact) mass is 253 g/mol. The van der Waals surface area contributed by atoms with Gasteiger partial charge in [-0.2, -0.15) is 11.8 Å². The van der Waals surface area contributed by atoms with E-state index in [4.69, 9.17) is 4.74 Å². The van der Waals surface area contributed by atoms with Gasteiger partial charge in [-0.25, -0.2) is 0 Å². The lowest BCUT2D eigenvalue weighted by molar-refractivity contribution is 0.336. The second kappa shape index (κ2) is 7.62. The van der Waals surface area contributed by atoms with Gasteiger partial charge in [0, 0.05) is 17.4 Å². The summed E-state index contributed by atoms with van der Waals surface area (Å²) in [5, 5.41) is 3.26. The zero-order valence-electron chi connectivity index (χ0n) is 11.2. The van der Waals surface area contributed by atoms with Crippen LogP contribution in [0.4, 0.5) is 0 Å². The van der Waals surface area contributed by atoms with E-state index in [0.717, 1.165) is 23.9 Å². The molecular weight excluding hydrogens is 230 g/mol. The predicted molar refractivity (Wildman–Crippen MR) is 77.1 cm³/mol. The van der Waals surface area contributed by atoms with Crippen LogP contribution in [0.2, 0.25) is 0 Å². The van der Waals surface area contributed by atoms with Crippen molar-refractivity contribution in [3.05, 3.63) is 29.3 Å². The van der Waals surface area contributed by atoms with Crippen LogP contribution >= 0.6 is 11.8 Å². The summed E-state index contributed by atoms with van der Waals surface area (Å²) < 4.78 is 5.88. The highest BCUT2D eigenvalue weighted by atomic mass is 32.2. The molecule has 0 radical (unpaired) electrons. The zero-order chi connectivity index (χ0) is 12.7. The smallest absolute Gasteiger partial charge is 0.124 e. The number of ether oxygens (including phenoxy) is 1. The van der Waals surface area contributed by atoms with Crippen LogP contribution in [-0.4, -0.2) is 25.2 Å². The number of thioether (sulfide) groups is 1. The Morgan fingerprint density at radius 1 is 1.41 bits per heavy atom. The molecule has 0 spiro atoms. The first-order valence-electron chi connectivity index (χ1n) is 6.17. The van der Waals surface area contributed by atoms with Crippen molar-refractivity contribution in [3.8, 4) is 5.75 Å². The van der Waals surface area contributed by atoms with Crippen molar-refractivity contribution in [1.82, 2.24) is 5.32 Å². The van der Waals surface area contributed by atoms with Gasteiger partial charge in [-0.1, -0.05) is 19.1 Å². The number of hydrogen-bond donors (Lipinski definition) is 1. The molecule has 0 saturated heterocycles. The maximum absolute atomic E-state index is 5.88. The van der Waals surface area contributed by atoms with Crippen LogP contribution in [0.25, 0.3) is 0 Å². The second-order valence-corrected chi connectivity index (χ2v) is 5.49. The standard InChI is InChI=1S/C14H23NOS/c1-5-17-9-8-16-14-10-11(2)6-7-13(14)12(3)15-4/h6-7,10,12,15H,5,8-9H2,1-4H3. The van der Waals surface area contributed by atoms with E-state index >= 15 is 0 Å². The Kier molecular flexibility index (Phi) is 6.45. The third-order valence-electron chi connectivity index (χ3n) is 2.76. The molecular formula is C14H23NOS. The van der Waals surface area contributed by atoms with Crippen molar-refractivity contribution < 1.29 is 4.74 Å². The number of rotatable bonds is 7. The molecule has 0 aliphatic rings. The predicted octanol–water partition coefficient (Wildman–Crippen LogP) is 3.41. The van der Waals surface area contributed by atoms with E-state index in [0.29, 0.717) is 6.04 Å². The Balaban J connectivity index is 2.69. The molecule has 17 heavy (non-hydrogen) atoms. The summed E-state index contributed by atoms with van der Waals surface area (Å²) in [7, 11) is 1.97. The van der Waals surface area contributed by atoms with Gasteiger partial charge in [-0.05, 0) is 38.3 Å². The highest BCUT2D eigenvalue weighted by molar-refractivity contribution is 7.99. The minimum Gasteiger partial charge on any atom is -0.492 e. The van der Waals surface area contributed by atoms with Crippen molar-refractivity contribution in [3.63, 3.8) is 0 Å². The molecule has 3 heteroatoms. The molecule has 0 fully saturated rings. The van der Waals surface area contributed by atoms with Crippen molar-refractivity contribution in [1.29, 1.82) is 0 Å². The summed E-state index contributed by atoms with van der Waals surface area (Å²) in [5.74, 6) is 3.22. The van der Waals surface area contributed by atoms with Crippen LogP contribution in [0.3, 0.4) is 0 Å². The number of hydrogen-bond acceptors (Lipinski definition) is 3. The summed E-state index contributed by atoms with van der Waals surface area (Å²) >= 11 is 1.91. The molecule has 1 atom stereocenters. The van der Waals surface area contributed by atoms with Gasteiger partial charge in [0.05, 0.1) is 6.61 Å². The fourth-order valence-electron chi connectivity index (χ4n) is 1.63. The molecule has 0 aliphatic carbocycles. The summed E-state index contributed by atoms with van der Waals surface area (Å²) in [6, 6.07) is 6.74. The molecule has 0 bridgehead atoms. The van der Waals surface area contributed by atoms with Gasteiger partial charge in [0.15, 0.2) is 0 Å². The molecule has 1 aromatic rings. The molecule has 0 aromatic heterocycles. The fourth-order valence-corrected chi connectivity index (χ4v) is 2.12. The lowest BCUT2D eigenvalue weighted by Crippen LogP contribution is -2.14. The molecule has 1 aromatic carbocycles. The molecule has 0 saturated carbocycles. The number of nitrogens with one attached hydrogen (secondary N) is 1. The van der Waals surface area contributed by atoms with Gasteiger partial charge in [0.25, 0.3) is 0 Å². The SMILES string of the molecule is CCSCCOc1cc(C)ccc1C(C)NC. The summed E-state index contributed by atoms with van der Waals surface area (Å²) in [6.07, 6.45) is 0. The number of benzene rings is 1. The molecule has 2 nitrogen and oxygen atoms in total. The Hall–Kier alpha value is -0.670. The first-order chi connectivity index (χ1) is 8.19. The van der Waals surface area contributed by atoms with Crippen LogP contribution in [0.5, 0.6) is 5.75 Å². The molecule has 1 rings (SSSR count). The molecule has 96 valence electrons. The minimum absolute atomic E-state index is 0.324. The van der Waals surface area contributed by atoms with Gasteiger partial charge in [0.1, 0.15) is 5.75 Å². The van der Waals surface area contributed by atoms with Gasteiger partial charge < -0.3 is 10.1 Å². The fraction of sp³-hybridized carbons (Fsp3) is 0.571. The van der Waals surface area contributed by atoms with E-state index in [1.807, 2.05) is 18.8 Å². The van der Waals surface area contributed by atoms with Gasteiger partial charge >= 0.3 is 0 Å². The van der Waals surface area contributed by atoms with Crippen molar-refractivity contribution >= 4 is 11.8 Å². The van der Waals surface area contributed by atoms with Gasteiger partial charge in [-0.15, -0.1) is 0 Å². The zero-order valence-corrected chi connectivity index (χ0v) is 12.1. The second-order valence-electron chi connectivity index (χ2n) is 4.10. The Morgan fingerprint density at radius 2 is 2.18 bits per heavy atom. The quantitative estimate of drug-likeness (QED) is 0.752. The van der Waals surface area contributed by atoms with Crippen molar-refractivity contribution in [2.75, 3.05) is 25.2 Å².